The maximum Gasteiger partial charge on any atom is 0.411 e. The van der Waals surface area contributed by atoms with Crippen LogP contribution in [0.1, 0.15) is 0 Å². The number of cyclic esters (lactones) is 1. The molecule has 0 saturated carbocycles. The molecule has 12 heavy (non-hydrogen) atoms. The normalized spacial score (nSPS) is 21.1. The largest absolute Gasteiger partial charge is 0.446 e. The second-order valence-corrected chi connectivity index (χ2v) is 2.32. The first-order valence-electron chi connectivity index (χ1n) is 3.53. The molecule has 1 atom stereocenters. The summed E-state index contributed by atoms with van der Waals surface area (Å²) in [4.78, 5) is 12.4. The number of hydrogen-bond acceptors (Lipinski definition) is 2. The summed E-state index contributed by atoms with van der Waals surface area (Å²) in [5, 5.41) is 0. The van der Waals surface area contributed by atoms with E-state index in [1.807, 2.05) is 0 Å². The Morgan fingerprint density at radius 2 is 2.67 bits per heavy atom. The monoisotopic (exact) mass is 163 g/mol. The second-order valence-electron chi connectivity index (χ2n) is 2.32. The Balaban J connectivity index is 2.65. The Morgan fingerprint density at radius 3 is 3.25 bits per heavy atom. The van der Waals surface area contributed by atoms with Crippen LogP contribution < -0.4 is 0 Å². The molecule has 3 nitrogen and oxygen atoms in total. The van der Waals surface area contributed by atoms with Crippen molar-refractivity contribution in [1.82, 2.24) is 4.90 Å². The zero-order valence-electron chi connectivity index (χ0n) is 6.62. The van der Waals surface area contributed by atoms with Gasteiger partial charge in [0.25, 0.3) is 0 Å². The predicted molar refractivity (Wildman–Crippen MR) is 44.4 cm³/mol. The zero-order chi connectivity index (χ0) is 8.97. The van der Waals surface area contributed by atoms with Crippen LogP contribution in [0.2, 0.25) is 0 Å². The molecule has 0 aromatic rings. The van der Waals surface area contributed by atoms with Gasteiger partial charge in [0.15, 0.2) is 0 Å². The van der Waals surface area contributed by atoms with Crippen LogP contribution in [0.4, 0.5) is 4.79 Å². The third-order valence-corrected chi connectivity index (χ3v) is 1.60. The lowest BCUT2D eigenvalue weighted by Crippen LogP contribution is -2.32. The number of amides is 1. The summed E-state index contributed by atoms with van der Waals surface area (Å²) in [7, 11) is 0. The average molecular weight is 163 g/mol. The molecule has 1 amide bonds. The number of rotatable bonds is 2. The fraction of sp³-hybridized carbons (Fsp3) is 0.333. The molecule has 0 spiro atoms. The van der Waals surface area contributed by atoms with E-state index >= 15 is 0 Å². The first-order chi connectivity index (χ1) is 5.79. The van der Waals surface area contributed by atoms with Gasteiger partial charge >= 0.3 is 6.09 Å². The van der Waals surface area contributed by atoms with Gasteiger partial charge in [0.1, 0.15) is 12.6 Å². The van der Waals surface area contributed by atoms with E-state index in [9.17, 15) is 4.79 Å². The van der Waals surface area contributed by atoms with Gasteiger partial charge in [-0.3, -0.25) is 4.90 Å². The molecule has 1 aliphatic rings. The molecule has 3 heteroatoms. The van der Waals surface area contributed by atoms with Crippen LogP contribution in [0.15, 0.2) is 18.4 Å². The molecule has 0 aromatic heterocycles. The van der Waals surface area contributed by atoms with Crippen LogP contribution in [0.5, 0.6) is 0 Å². The molecule has 1 aliphatic heterocycles. The highest BCUT2D eigenvalue weighted by molar-refractivity contribution is 5.71. The van der Waals surface area contributed by atoms with Gasteiger partial charge in [0, 0.05) is 0 Å². The topological polar surface area (TPSA) is 29.5 Å². The molecule has 0 radical (unpaired) electrons. The van der Waals surface area contributed by atoms with Gasteiger partial charge in [-0.05, 0) is 6.08 Å². The standard InChI is InChI=1S/C9H9NO2/c1-3-5-6-10-8(4-2)7-12-9(10)11/h2,5,8H,1,6-7H2. The molecule has 1 unspecified atom stereocenters. The van der Waals surface area contributed by atoms with Crippen LogP contribution in [-0.4, -0.2) is 30.2 Å². The summed E-state index contributed by atoms with van der Waals surface area (Å²) < 4.78 is 4.74. The van der Waals surface area contributed by atoms with Gasteiger partial charge in [-0.25, -0.2) is 4.79 Å². The molecule has 1 heterocycles. The first kappa shape index (κ1) is 8.45. The van der Waals surface area contributed by atoms with Gasteiger partial charge in [0.2, 0.25) is 0 Å². The Labute approximate surface area is 71.3 Å². The summed E-state index contributed by atoms with van der Waals surface area (Å²) in [6.07, 6.45) is 6.45. The number of carbonyl (C=O) groups is 1. The quantitative estimate of drug-likeness (QED) is 0.444. The molecule has 0 aliphatic carbocycles. The SMILES string of the molecule is C#CC1COC(=O)N1CC=C=C. The molecule has 1 fully saturated rings. The minimum Gasteiger partial charge on any atom is -0.446 e. The Kier molecular flexibility index (Phi) is 2.57. The van der Waals surface area contributed by atoms with Gasteiger partial charge in [-0.2, -0.15) is 0 Å². The maximum atomic E-state index is 11.0. The lowest BCUT2D eigenvalue weighted by molar-refractivity contribution is 0.160. The average Bonchev–Trinajstić information content (AvgIpc) is 2.43. The van der Waals surface area contributed by atoms with Crippen molar-refractivity contribution >= 4 is 6.09 Å². The van der Waals surface area contributed by atoms with Crippen molar-refractivity contribution in [1.29, 1.82) is 0 Å². The predicted octanol–water partition coefficient (Wildman–Crippen LogP) is 0.782. The Bertz CT molecular complexity index is 271. The fourth-order valence-corrected chi connectivity index (χ4v) is 0.953. The van der Waals surface area contributed by atoms with Crippen molar-refractivity contribution in [2.45, 2.75) is 6.04 Å². The van der Waals surface area contributed by atoms with Crippen molar-refractivity contribution in [2.75, 3.05) is 13.2 Å². The van der Waals surface area contributed by atoms with Crippen molar-refractivity contribution in [3.05, 3.63) is 18.4 Å². The van der Waals surface area contributed by atoms with E-state index in [2.05, 4.69) is 18.2 Å². The molecular weight excluding hydrogens is 154 g/mol. The number of hydrogen-bond donors (Lipinski definition) is 0. The van der Waals surface area contributed by atoms with E-state index in [0.717, 1.165) is 0 Å². The smallest absolute Gasteiger partial charge is 0.411 e. The highest BCUT2D eigenvalue weighted by Crippen LogP contribution is 2.10. The van der Waals surface area contributed by atoms with Crippen LogP contribution in [0.3, 0.4) is 0 Å². The molecular formula is C9H9NO2. The number of terminal acetylenes is 1. The third kappa shape index (κ3) is 1.50. The highest BCUT2D eigenvalue weighted by atomic mass is 16.6. The zero-order valence-corrected chi connectivity index (χ0v) is 6.62. The molecule has 1 saturated heterocycles. The lowest BCUT2D eigenvalue weighted by atomic mass is 10.3. The number of ether oxygens (including phenoxy) is 1. The summed E-state index contributed by atoms with van der Waals surface area (Å²) in [6.45, 7) is 4.08. The number of carbonyl (C=O) groups excluding carboxylic acids is 1. The highest BCUT2D eigenvalue weighted by Gasteiger charge is 2.30. The summed E-state index contributed by atoms with van der Waals surface area (Å²) in [5.41, 5.74) is 2.57. The fourth-order valence-electron chi connectivity index (χ4n) is 0.953. The van der Waals surface area contributed by atoms with E-state index < -0.39 is 0 Å². The minimum absolute atomic E-state index is 0.248. The van der Waals surface area contributed by atoms with Gasteiger partial charge in [0.05, 0.1) is 6.54 Å². The van der Waals surface area contributed by atoms with E-state index in [1.165, 1.54) is 4.90 Å². The molecule has 62 valence electrons. The summed E-state index contributed by atoms with van der Waals surface area (Å²) >= 11 is 0. The molecule has 0 N–H and O–H groups in total. The maximum absolute atomic E-state index is 11.0. The van der Waals surface area contributed by atoms with Crippen molar-refractivity contribution < 1.29 is 9.53 Å². The van der Waals surface area contributed by atoms with Crippen molar-refractivity contribution in [3.63, 3.8) is 0 Å². The van der Waals surface area contributed by atoms with Crippen molar-refractivity contribution in [2.24, 2.45) is 0 Å². The number of nitrogens with zero attached hydrogens (tertiary/aromatic N) is 1. The van der Waals surface area contributed by atoms with E-state index in [1.54, 1.807) is 6.08 Å². The van der Waals surface area contributed by atoms with Crippen LogP contribution in [-0.2, 0) is 4.74 Å². The van der Waals surface area contributed by atoms with Crippen LogP contribution >= 0.6 is 0 Å². The van der Waals surface area contributed by atoms with E-state index in [4.69, 9.17) is 11.2 Å². The lowest BCUT2D eigenvalue weighted by Gasteiger charge is -2.13. The second kappa shape index (κ2) is 3.66. The van der Waals surface area contributed by atoms with Crippen molar-refractivity contribution in [3.8, 4) is 12.3 Å². The Morgan fingerprint density at radius 1 is 1.92 bits per heavy atom. The molecule has 0 bridgehead atoms. The molecule has 1 rings (SSSR count). The van der Waals surface area contributed by atoms with Gasteiger partial charge in [-0.1, -0.05) is 12.5 Å². The summed E-state index contributed by atoms with van der Waals surface area (Å²) in [5.74, 6) is 2.47. The summed E-state index contributed by atoms with van der Waals surface area (Å²) in [6, 6.07) is -0.248. The van der Waals surface area contributed by atoms with E-state index in [-0.39, 0.29) is 18.7 Å². The van der Waals surface area contributed by atoms with Crippen LogP contribution in [0, 0.1) is 12.3 Å². The Hall–Kier alpha value is -1.65. The third-order valence-electron chi connectivity index (χ3n) is 1.60. The molecule has 0 aromatic carbocycles. The van der Waals surface area contributed by atoms with Crippen LogP contribution in [0.25, 0.3) is 0 Å². The minimum atomic E-state index is -0.371. The van der Waals surface area contributed by atoms with E-state index in [0.29, 0.717) is 6.54 Å². The van der Waals surface area contributed by atoms with Gasteiger partial charge < -0.3 is 4.74 Å². The van der Waals surface area contributed by atoms with Gasteiger partial charge in [-0.15, -0.1) is 12.2 Å². The first-order valence-corrected chi connectivity index (χ1v) is 3.53.